The van der Waals surface area contributed by atoms with E-state index in [1.165, 1.54) is 5.56 Å². The summed E-state index contributed by atoms with van der Waals surface area (Å²) in [6.07, 6.45) is 2.42. The van der Waals surface area contributed by atoms with Gasteiger partial charge in [-0.2, -0.15) is 0 Å². The summed E-state index contributed by atoms with van der Waals surface area (Å²) < 4.78 is 5.28. The van der Waals surface area contributed by atoms with E-state index in [2.05, 4.69) is 42.6 Å². The number of ether oxygens (including phenoxy) is 1. The maximum absolute atomic E-state index is 5.28. The Bertz CT molecular complexity index is 260. The number of benzene rings is 1. The summed E-state index contributed by atoms with van der Waals surface area (Å²) in [7, 11) is 3.77. The van der Waals surface area contributed by atoms with Gasteiger partial charge in [0.2, 0.25) is 0 Å². The van der Waals surface area contributed by atoms with Gasteiger partial charge in [0.15, 0.2) is 0 Å². The lowest BCUT2D eigenvalue weighted by Crippen LogP contribution is -2.31. The highest BCUT2D eigenvalue weighted by atomic mass is 16.5. The summed E-state index contributed by atoms with van der Waals surface area (Å²) in [6.45, 7) is 2.11. The zero-order chi connectivity index (χ0) is 11.1. The van der Waals surface area contributed by atoms with Gasteiger partial charge in [0, 0.05) is 13.2 Å². The third-order valence-electron chi connectivity index (χ3n) is 2.75. The average molecular weight is 207 g/mol. The van der Waals surface area contributed by atoms with Crippen LogP contribution in [0.25, 0.3) is 0 Å². The van der Waals surface area contributed by atoms with Crippen molar-refractivity contribution in [3.8, 4) is 0 Å². The molecule has 2 atom stereocenters. The lowest BCUT2D eigenvalue weighted by Gasteiger charge is -2.19. The predicted molar refractivity (Wildman–Crippen MR) is 64.1 cm³/mol. The summed E-state index contributed by atoms with van der Waals surface area (Å²) in [6, 6.07) is 11.0. The molecule has 0 saturated carbocycles. The van der Waals surface area contributed by atoms with E-state index in [4.69, 9.17) is 4.74 Å². The molecule has 0 spiro atoms. The number of likely N-dealkylation sites (N-methyl/N-ethyl adjacent to an activating group) is 1. The molecule has 15 heavy (non-hydrogen) atoms. The van der Waals surface area contributed by atoms with Crippen molar-refractivity contribution < 1.29 is 4.74 Å². The van der Waals surface area contributed by atoms with Crippen molar-refractivity contribution >= 4 is 0 Å². The smallest absolute Gasteiger partial charge is 0.0558 e. The summed E-state index contributed by atoms with van der Waals surface area (Å²) >= 11 is 0. The molecular formula is C13H21NO. The van der Waals surface area contributed by atoms with Gasteiger partial charge >= 0.3 is 0 Å². The second-order valence-electron chi connectivity index (χ2n) is 3.96. The lowest BCUT2D eigenvalue weighted by molar-refractivity contribution is 0.101. The zero-order valence-corrected chi connectivity index (χ0v) is 9.86. The van der Waals surface area contributed by atoms with E-state index in [9.17, 15) is 0 Å². The molecule has 0 aliphatic rings. The minimum Gasteiger partial charge on any atom is -0.382 e. The van der Waals surface area contributed by atoms with Gasteiger partial charge in [0.05, 0.1) is 6.10 Å². The Morgan fingerprint density at radius 1 is 1.27 bits per heavy atom. The first-order valence-electron chi connectivity index (χ1n) is 5.50. The monoisotopic (exact) mass is 207 g/mol. The Hall–Kier alpha value is -0.860. The van der Waals surface area contributed by atoms with Gasteiger partial charge in [-0.3, -0.25) is 0 Å². The van der Waals surface area contributed by atoms with E-state index in [1.54, 1.807) is 7.11 Å². The molecule has 1 aromatic rings. The molecule has 2 unspecified atom stereocenters. The van der Waals surface area contributed by atoms with Crippen LogP contribution in [0, 0.1) is 0 Å². The molecule has 0 fully saturated rings. The van der Waals surface area contributed by atoms with Crippen molar-refractivity contribution in [3.63, 3.8) is 0 Å². The summed E-state index contributed by atoms with van der Waals surface area (Å²) in [5, 5.41) is 3.34. The maximum atomic E-state index is 5.28. The van der Waals surface area contributed by atoms with Gasteiger partial charge < -0.3 is 10.1 Å². The molecule has 0 saturated heterocycles. The average Bonchev–Trinajstić information content (AvgIpc) is 2.29. The number of hydrogen-bond acceptors (Lipinski definition) is 2. The molecule has 0 aromatic heterocycles. The van der Waals surface area contributed by atoms with Gasteiger partial charge in [-0.05, 0) is 32.4 Å². The highest BCUT2D eigenvalue weighted by Gasteiger charge is 2.11. The Balaban J connectivity index is 2.47. The van der Waals surface area contributed by atoms with Crippen molar-refractivity contribution in [2.24, 2.45) is 0 Å². The first kappa shape index (κ1) is 12.2. The van der Waals surface area contributed by atoms with Crippen LogP contribution in [0.2, 0.25) is 0 Å². The van der Waals surface area contributed by atoms with Gasteiger partial charge in [0.1, 0.15) is 0 Å². The Labute approximate surface area is 92.6 Å². The third-order valence-corrected chi connectivity index (χ3v) is 2.75. The number of hydrogen-bond donors (Lipinski definition) is 1. The van der Waals surface area contributed by atoms with Crippen LogP contribution < -0.4 is 5.32 Å². The van der Waals surface area contributed by atoms with Crippen LogP contribution in [0.4, 0.5) is 0 Å². The third kappa shape index (κ3) is 4.45. The predicted octanol–water partition coefficient (Wildman–Crippen LogP) is 2.24. The van der Waals surface area contributed by atoms with Crippen LogP contribution in [-0.2, 0) is 11.2 Å². The highest BCUT2D eigenvalue weighted by Crippen LogP contribution is 2.08. The molecule has 0 heterocycles. The van der Waals surface area contributed by atoms with Gasteiger partial charge in [-0.25, -0.2) is 0 Å². The fourth-order valence-electron chi connectivity index (χ4n) is 1.70. The zero-order valence-electron chi connectivity index (χ0n) is 9.86. The quantitative estimate of drug-likeness (QED) is 0.772. The second kappa shape index (κ2) is 6.59. The molecule has 1 rings (SSSR count). The van der Waals surface area contributed by atoms with E-state index in [-0.39, 0.29) is 0 Å². The maximum Gasteiger partial charge on any atom is 0.0558 e. The number of methoxy groups -OCH3 is 1. The normalized spacial score (nSPS) is 14.9. The molecule has 0 aliphatic heterocycles. The van der Waals surface area contributed by atoms with Crippen molar-refractivity contribution in [2.45, 2.75) is 31.9 Å². The van der Waals surface area contributed by atoms with E-state index >= 15 is 0 Å². The van der Waals surface area contributed by atoms with Crippen LogP contribution in [-0.4, -0.2) is 26.3 Å². The fraction of sp³-hybridized carbons (Fsp3) is 0.538. The summed E-state index contributed by atoms with van der Waals surface area (Å²) in [4.78, 5) is 0. The van der Waals surface area contributed by atoms with E-state index in [0.717, 1.165) is 12.8 Å². The van der Waals surface area contributed by atoms with E-state index in [0.29, 0.717) is 12.1 Å². The molecule has 1 aromatic carbocycles. The fourth-order valence-corrected chi connectivity index (χ4v) is 1.70. The van der Waals surface area contributed by atoms with Crippen LogP contribution in [0.1, 0.15) is 18.9 Å². The van der Waals surface area contributed by atoms with Crippen LogP contribution in [0.15, 0.2) is 30.3 Å². The Kier molecular flexibility index (Phi) is 5.37. The molecule has 0 bridgehead atoms. The SMILES string of the molecule is CNC(Cc1ccccc1)CC(C)OC. The largest absolute Gasteiger partial charge is 0.382 e. The van der Waals surface area contributed by atoms with Crippen LogP contribution >= 0.6 is 0 Å². The molecule has 2 nitrogen and oxygen atoms in total. The minimum atomic E-state index is 0.311. The molecule has 0 radical (unpaired) electrons. The van der Waals surface area contributed by atoms with Gasteiger partial charge in [-0.15, -0.1) is 0 Å². The first-order chi connectivity index (χ1) is 7.26. The van der Waals surface area contributed by atoms with Crippen molar-refractivity contribution in [3.05, 3.63) is 35.9 Å². The lowest BCUT2D eigenvalue weighted by atomic mass is 10.0. The summed E-state index contributed by atoms with van der Waals surface area (Å²) in [5.41, 5.74) is 1.38. The van der Waals surface area contributed by atoms with E-state index < -0.39 is 0 Å². The van der Waals surface area contributed by atoms with Gasteiger partial charge in [-0.1, -0.05) is 30.3 Å². The Morgan fingerprint density at radius 3 is 2.47 bits per heavy atom. The molecule has 2 heteroatoms. The van der Waals surface area contributed by atoms with E-state index in [1.807, 2.05) is 7.05 Å². The standard InChI is InChI=1S/C13H21NO/c1-11(15-3)9-13(14-2)10-12-7-5-4-6-8-12/h4-8,11,13-14H,9-10H2,1-3H3. The first-order valence-corrected chi connectivity index (χ1v) is 5.50. The van der Waals surface area contributed by atoms with Crippen LogP contribution in [0.5, 0.6) is 0 Å². The van der Waals surface area contributed by atoms with Gasteiger partial charge in [0.25, 0.3) is 0 Å². The Morgan fingerprint density at radius 2 is 1.93 bits per heavy atom. The second-order valence-corrected chi connectivity index (χ2v) is 3.96. The van der Waals surface area contributed by atoms with Crippen molar-refractivity contribution in [1.29, 1.82) is 0 Å². The molecule has 0 amide bonds. The summed E-state index contributed by atoms with van der Waals surface area (Å²) in [5.74, 6) is 0. The van der Waals surface area contributed by atoms with Crippen molar-refractivity contribution in [2.75, 3.05) is 14.2 Å². The highest BCUT2D eigenvalue weighted by molar-refractivity contribution is 5.15. The van der Waals surface area contributed by atoms with Crippen LogP contribution in [0.3, 0.4) is 0 Å². The minimum absolute atomic E-state index is 0.311. The number of rotatable bonds is 6. The molecule has 0 aliphatic carbocycles. The molecular weight excluding hydrogens is 186 g/mol. The topological polar surface area (TPSA) is 21.3 Å². The molecule has 1 N–H and O–H groups in total. The molecule has 84 valence electrons. The van der Waals surface area contributed by atoms with Crippen molar-refractivity contribution in [1.82, 2.24) is 5.32 Å². The number of nitrogens with one attached hydrogen (secondary N) is 1.